The number of rotatable bonds is 5. The molecule has 3 N–H and O–H groups in total. The Kier molecular flexibility index (Phi) is 5.86. The minimum atomic E-state index is -0.387. The van der Waals surface area contributed by atoms with Crippen LogP contribution in [0.25, 0.3) is 11.4 Å². The van der Waals surface area contributed by atoms with E-state index in [4.69, 9.17) is 5.84 Å². The van der Waals surface area contributed by atoms with Crippen molar-refractivity contribution < 1.29 is 4.79 Å². The summed E-state index contributed by atoms with van der Waals surface area (Å²) in [7, 11) is 0. The lowest BCUT2D eigenvalue weighted by atomic mass is 10.1. The second kappa shape index (κ2) is 8.14. The maximum Gasteiger partial charge on any atom is 0.237 e. The number of nitrogen functional groups attached to an aromatic ring is 1. The summed E-state index contributed by atoms with van der Waals surface area (Å²) in [5.41, 5.74) is 3.74. The number of hydrogen-bond acceptors (Lipinski definition) is 5. The van der Waals surface area contributed by atoms with E-state index in [1.165, 1.54) is 16.4 Å². The number of aromatic nitrogens is 3. The van der Waals surface area contributed by atoms with Gasteiger partial charge in [-0.3, -0.25) is 4.79 Å². The Balaban J connectivity index is 1.76. The highest BCUT2D eigenvalue weighted by Gasteiger charge is 2.21. The van der Waals surface area contributed by atoms with Crippen molar-refractivity contribution >= 4 is 39.3 Å². The second-order valence-corrected chi connectivity index (χ2v) is 8.33. The Morgan fingerprint density at radius 1 is 1.15 bits per heavy atom. The van der Waals surface area contributed by atoms with E-state index in [0.717, 1.165) is 26.9 Å². The first-order chi connectivity index (χ1) is 12.9. The average molecular weight is 446 g/mol. The highest BCUT2D eigenvalue weighted by Crippen LogP contribution is 2.30. The number of benzene rings is 2. The number of anilines is 1. The SMILES string of the molecule is Cc1cccc(C)c1NC(=O)C(C)Sc1nnc(-c2ccccc2Br)n1N. The van der Waals surface area contributed by atoms with E-state index in [9.17, 15) is 4.79 Å². The lowest BCUT2D eigenvalue weighted by Gasteiger charge is -2.15. The van der Waals surface area contributed by atoms with Gasteiger partial charge in [0.25, 0.3) is 0 Å². The Hall–Kier alpha value is -2.32. The van der Waals surface area contributed by atoms with E-state index in [-0.39, 0.29) is 11.2 Å². The molecule has 0 radical (unpaired) electrons. The van der Waals surface area contributed by atoms with Crippen molar-refractivity contribution in [1.29, 1.82) is 0 Å². The van der Waals surface area contributed by atoms with Gasteiger partial charge in [0, 0.05) is 15.7 Å². The van der Waals surface area contributed by atoms with Crippen molar-refractivity contribution in [2.45, 2.75) is 31.2 Å². The van der Waals surface area contributed by atoms with Gasteiger partial charge in [-0.15, -0.1) is 10.2 Å². The van der Waals surface area contributed by atoms with E-state index < -0.39 is 0 Å². The molecule has 3 rings (SSSR count). The zero-order valence-electron chi connectivity index (χ0n) is 15.2. The van der Waals surface area contributed by atoms with Gasteiger partial charge in [-0.1, -0.05) is 58.0 Å². The number of amides is 1. The molecule has 27 heavy (non-hydrogen) atoms. The van der Waals surface area contributed by atoms with Gasteiger partial charge in [-0.25, -0.2) is 4.68 Å². The van der Waals surface area contributed by atoms with Crippen LogP contribution in [0.15, 0.2) is 52.1 Å². The molecule has 6 nitrogen and oxygen atoms in total. The number of nitrogens with one attached hydrogen (secondary N) is 1. The molecule has 1 atom stereocenters. The van der Waals surface area contributed by atoms with Crippen molar-refractivity contribution in [3.8, 4) is 11.4 Å². The number of nitrogens with zero attached hydrogens (tertiary/aromatic N) is 3. The summed E-state index contributed by atoms with van der Waals surface area (Å²) in [5, 5.41) is 11.4. The zero-order valence-corrected chi connectivity index (χ0v) is 17.6. The van der Waals surface area contributed by atoms with Gasteiger partial charge in [-0.05, 0) is 44.0 Å². The van der Waals surface area contributed by atoms with Crippen LogP contribution in [-0.4, -0.2) is 26.0 Å². The zero-order chi connectivity index (χ0) is 19.6. The lowest BCUT2D eigenvalue weighted by molar-refractivity contribution is -0.115. The van der Waals surface area contributed by atoms with Crippen molar-refractivity contribution in [2.75, 3.05) is 11.2 Å². The summed E-state index contributed by atoms with van der Waals surface area (Å²) in [6.07, 6.45) is 0. The molecule has 3 aromatic rings. The molecule has 1 amide bonds. The quantitative estimate of drug-likeness (QED) is 0.454. The highest BCUT2D eigenvalue weighted by molar-refractivity contribution is 9.10. The van der Waals surface area contributed by atoms with Crippen LogP contribution in [-0.2, 0) is 4.79 Å². The van der Waals surface area contributed by atoms with Crippen molar-refractivity contribution in [3.63, 3.8) is 0 Å². The standard InChI is InChI=1S/C19H20BrN5OS/c1-11-7-6-8-12(2)16(11)22-18(26)13(3)27-19-24-23-17(25(19)21)14-9-4-5-10-15(14)20/h4-10,13H,21H2,1-3H3,(H,22,26). The third kappa shape index (κ3) is 4.17. The van der Waals surface area contributed by atoms with Gasteiger partial charge in [0.2, 0.25) is 11.1 Å². The van der Waals surface area contributed by atoms with Gasteiger partial charge in [0.1, 0.15) is 0 Å². The molecule has 0 saturated carbocycles. The number of halogens is 1. The largest absolute Gasteiger partial charge is 0.335 e. The van der Waals surface area contributed by atoms with Gasteiger partial charge >= 0.3 is 0 Å². The van der Waals surface area contributed by atoms with Crippen LogP contribution in [0.2, 0.25) is 0 Å². The minimum Gasteiger partial charge on any atom is -0.335 e. The predicted molar refractivity (Wildman–Crippen MR) is 113 cm³/mol. The van der Waals surface area contributed by atoms with Crippen molar-refractivity contribution in [1.82, 2.24) is 14.9 Å². The number of thioether (sulfide) groups is 1. The molecule has 0 spiro atoms. The van der Waals surface area contributed by atoms with E-state index >= 15 is 0 Å². The number of para-hydroxylation sites is 1. The van der Waals surface area contributed by atoms with Crippen LogP contribution in [0.3, 0.4) is 0 Å². The van der Waals surface area contributed by atoms with Crippen molar-refractivity contribution in [2.24, 2.45) is 0 Å². The third-order valence-electron chi connectivity index (χ3n) is 4.16. The molecule has 0 bridgehead atoms. The van der Waals surface area contributed by atoms with E-state index in [2.05, 4.69) is 31.4 Å². The first-order valence-electron chi connectivity index (χ1n) is 8.37. The number of carbonyl (C=O) groups is 1. The summed E-state index contributed by atoms with van der Waals surface area (Å²) < 4.78 is 2.29. The molecule has 0 aliphatic carbocycles. The molecule has 0 saturated heterocycles. The van der Waals surface area contributed by atoms with E-state index in [1.807, 2.05) is 63.2 Å². The fourth-order valence-corrected chi connectivity index (χ4v) is 3.86. The number of hydrogen-bond donors (Lipinski definition) is 2. The van der Waals surface area contributed by atoms with Gasteiger partial charge in [0.15, 0.2) is 5.82 Å². The Labute approximate surface area is 170 Å². The maximum absolute atomic E-state index is 12.6. The summed E-state index contributed by atoms with van der Waals surface area (Å²) >= 11 is 4.76. The molecule has 0 aliphatic rings. The topological polar surface area (TPSA) is 85.8 Å². The molecular formula is C19H20BrN5OS. The summed E-state index contributed by atoms with van der Waals surface area (Å²) in [4.78, 5) is 12.6. The summed E-state index contributed by atoms with van der Waals surface area (Å²) in [5.74, 6) is 6.60. The molecule has 1 aromatic heterocycles. The minimum absolute atomic E-state index is 0.108. The van der Waals surface area contributed by atoms with E-state index in [0.29, 0.717) is 11.0 Å². The molecule has 0 fully saturated rings. The summed E-state index contributed by atoms with van der Waals surface area (Å²) in [6, 6.07) is 13.6. The Morgan fingerprint density at radius 3 is 2.48 bits per heavy atom. The van der Waals surface area contributed by atoms with Crippen LogP contribution < -0.4 is 11.2 Å². The lowest BCUT2D eigenvalue weighted by Crippen LogP contribution is -2.24. The monoisotopic (exact) mass is 445 g/mol. The normalized spacial score (nSPS) is 12.0. The maximum atomic E-state index is 12.6. The molecule has 0 aliphatic heterocycles. The van der Waals surface area contributed by atoms with Crippen LogP contribution in [0.5, 0.6) is 0 Å². The molecule has 8 heteroatoms. The number of aryl methyl sites for hydroxylation is 2. The first-order valence-corrected chi connectivity index (χ1v) is 10.0. The average Bonchev–Trinajstić information content (AvgIpc) is 2.99. The Morgan fingerprint density at radius 2 is 1.81 bits per heavy atom. The fraction of sp³-hybridized carbons (Fsp3) is 0.211. The second-order valence-electron chi connectivity index (χ2n) is 6.17. The smallest absolute Gasteiger partial charge is 0.237 e. The third-order valence-corrected chi connectivity index (χ3v) is 5.91. The van der Waals surface area contributed by atoms with Crippen LogP contribution >= 0.6 is 27.7 Å². The molecule has 1 heterocycles. The molecule has 140 valence electrons. The molecular weight excluding hydrogens is 426 g/mol. The number of nitrogens with two attached hydrogens (primary N) is 1. The first kappa shape index (κ1) is 19.4. The Bertz CT molecular complexity index is 968. The van der Waals surface area contributed by atoms with Gasteiger partial charge in [-0.2, -0.15) is 0 Å². The van der Waals surface area contributed by atoms with Crippen LogP contribution in [0.1, 0.15) is 18.1 Å². The molecule has 1 unspecified atom stereocenters. The van der Waals surface area contributed by atoms with Gasteiger partial charge in [0.05, 0.1) is 5.25 Å². The van der Waals surface area contributed by atoms with Gasteiger partial charge < -0.3 is 11.2 Å². The predicted octanol–water partition coefficient (Wildman–Crippen LogP) is 4.16. The fourth-order valence-electron chi connectivity index (χ4n) is 2.63. The van der Waals surface area contributed by atoms with Crippen LogP contribution in [0, 0.1) is 13.8 Å². The number of carbonyl (C=O) groups excluding carboxylic acids is 1. The van der Waals surface area contributed by atoms with E-state index in [1.54, 1.807) is 0 Å². The highest BCUT2D eigenvalue weighted by atomic mass is 79.9. The van der Waals surface area contributed by atoms with Crippen LogP contribution in [0.4, 0.5) is 5.69 Å². The summed E-state index contributed by atoms with van der Waals surface area (Å²) in [6.45, 7) is 5.77. The van der Waals surface area contributed by atoms with Crippen molar-refractivity contribution in [3.05, 3.63) is 58.1 Å². The molecule has 2 aromatic carbocycles.